The van der Waals surface area contributed by atoms with Crippen molar-refractivity contribution in [3.8, 4) is 0 Å². The molecule has 21 heavy (non-hydrogen) atoms. The number of pyridine rings is 1. The van der Waals surface area contributed by atoms with Gasteiger partial charge in [-0.3, -0.25) is 4.40 Å². The Morgan fingerprint density at radius 3 is 2.52 bits per heavy atom. The predicted molar refractivity (Wildman–Crippen MR) is 74.0 cm³/mol. The molecule has 1 fully saturated rings. The lowest BCUT2D eigenvalue weighted by Crippen LogP contribution is -2.28. The van der Waals surface area contributed by atoms with Crippen LogP contribution in [0.3, 0.4) is 0 Å². The van der Waals surface area contributed by atoms with Crippen LogP contribution in [0.2, 0.25) is 0 Å². The highest BCUT2D eigenvalue weighted by atomic mass is 16.4. The normalized spacial score (nSPS) is 16.2. The number of carboxylic acids is 2. The molecule has 0 atom stereocenters. The molecule has 0 amide bonds. The Kier molecular flexibility index (Phi) is 3.34. The van der Waals surface area contributed by atoms with E-state index in [1.54, 1.807) is 12.1 Å². The van der Waals surface area contributed by atoms with Crippen molar-refractivity contribution >= 4 is 17.5 Å². The van der Waals surface area contributed by atoms with Crippen LogP contribution in [0.5, 0.6) is 0 Å². The summed E-state index contributed by atoms with van der Waals surface area (Å²) in [5, 5.41) is 21.9. The number of piperidine rings is 1. The Labute approximate surface area is 120 Å². The van der Waals surface area contributed by atoms with Gasteiger partial charge in [-0.25, -0.2) is 14.6 Å². The van der Waals surface area contributed by atoms with Crippen LogP contribution in [0, 0.1) is 0 Å². The Morgan fingerprint density at radius 1 is 1.19 bits per heavy atom. The maximum absolute atomic E-state index is 11.4. The van der Waals surface area contributed by atoms with Crippen LogP contribution in [-0.2, 0) is 0 Å². The number of nitrogens with one attached hydrogen (secondary N) is 1. The van der Waals surface area contributed by atoms with Crippen molar-refractivity contribution in [3.05, 3.63) is 35.4 Å². The summed E-state index contributed by atoms with van der Waals surface area (Å²) < 4.78 is 1.47. The van der Waals surface area contributed by atoms with E-state index in [4.69, 9.17) is 0 Å². The lowest BCUT2D eigenvalue weighted by Gasteiger charge is -2.22. The van der Waals surface area contributed by atoms with Crippen LogP contribution in [0.25, 0.3) is 5.52 Å². The second-order valence-electron chi connectivity index (χ2n) is 5.08. The standard InChI is InChI=1S/C14H15N3O4/c18-13(19)10-3-1-2-9-11(14(20)21)16-12(17(9)10)8-4-6-15-7-5-8/h1-3,8,15H,4-7H2,(H,18,19)(H,20,21). The van der Waals surface area contributed by atoms with Gasteiger partial charge in [-0.05, 0) is 38.1 Å². The molecule has 3 rings (SSSR count). The van der Waals surface area contributed by atoms with Crippen LogP contribution in [0.1, 0.15) is 45.6 Å². The summed E-state index contributed by atoms with van der Waals surface area (Å²) in [5.41, 5.74) is 0.281. The first-order valence-electron chi connectivity index (χ1n) is 6.78. The van der Waals surface area contributed by atoms with Gasteiger partial charge in [0.05, 0.1) is 5.52 Å². The molecule has 110 valence electrons. The average Bonchev–Trinajstić information content (AvgIpc) is 2.87. The summed E-state index contributed by atoms with van der Waals surface area (Å²) in [6.45, 7) is 1.63. The van der Waals surface area contributed by atoms with E-state index in [1.807, 2.05) is 0 Å². The van der Waals surface area contributed by atoms with Gasteiger partial charge in [-0.2, -0.15) is 0 Å². The molecular weight excluding hydrogens is 274 g/mol. The molecule has 7 heteroatoms. The molecule has 0 aromatic carbocycles. The van der Waals surface area contributed by atoms with Crippen LogP contribution in [0.4, 0.5) is 0 Å². The first-order valence-corrected chi connectivity index (χ1v) is 6.78. The van der Waals surface area contributed by atoms with E-state index >= 15 is 0 Å². The van der Waals surface area contributed by atoms with E-state index in [2.05, 4.69) is 10.3 Å². The lowest BCUT2D eigenvalue weighted by molar-refractivity contribution is 0.0678. The smallest absolute Gasteiger partial charge is 0.356 e. The number of nitrogens with zero attached hydrogens (tertiary/aromatic N) is 2. The number of aromatic nitrogens is 2. The van der Waals surface area contributed by atoms with E-state index in [0.29, 0.717) is 11.3 Å². The minimum absolute atomic E-state index is 0.0426. The highest BCUT2D eigenvalue weighted by molar-refractivity contribution is 5.95. The number of rotatable bonds is 3. The van der Waals surface area contributed by atoms with E-state index in [0.717, 1.165) is 25.9 Å². The monoisotopic (exact) mass is 289 g/mol. The maximum Gasteiger partial charge on any atom is 0.356 e. The Hall–Kier alpha value is -2.41. The number of carboxylic acid groups (broad SMARTS) is 2. The number of hydrogen-bond acceptors (Lipinski definition) is 4. The Morgan fingerprint density at radius 2 is 1.90 bits per heavy atom. The fraction of sp³-hybridized carbons (Fsp3) is 0.357. The van der Waals surface area contributed by atoms with Crippen molar-refractivity contribution in [2.75, 3.05) is 13.1 Å². The van der Waals surface area contributed by atoms with Gasteiger partial charge in [-0.15, -0.1) is 0 Å². The second-order valence-corrected chi connectivity index (χ2v) is 5.08. The van der Waals surface area contributed by atoms with Gasteiger partial charge < -0.3 is 15.5 Å². The third-order valence-corrected chi connectivity index (χ3v) is 3.81. The molecule has 2 aromatic rings. The largest absolute Gasteiger partial charge is 0.477 e. The molecule has 2 aromatic heterocycles. The number of carbonyl (C=O) groups is 2. The van der Waals surface area contributed by atoms with E-state index in [1.165, 1.54) is 10.5 Å². The van der Waals surface area contributed by atoms with Crippen LogP contribution >= 0.6 is 0 Å². The molecule has 7 nitrogen and oxygen atoms in total. The zero-order chi connectivity index (χ0) is 15.0. The highest BCUT2D eigenvalue weighted by Gasteiger charge is 2.26. The molecule has 0 bridgehead atoms. The van der Waals surface area contributed by atoms with Gasteiger partial charge in [0.2, 0.25) is 0 Å². The second kappa shape index (κ2) is 5.17. The van der Waals surface area contributed by atoms with Crippen LogP contribution in [-0.4, -0.2) is 44.6 Å². The fourth-order valence-corrected chi connectivity index (χ4v) is 2.84. The highest BCUT2D eigenvalue weighted by Crippen LogP contribution is 2.28. The van der Waals surface area contributed by atoms with E-state index in [-0.39, 0.29) is 17.3 Å². The Balaban J connectivity index is 2.26. The quantitative estimate of drug-likeness (QED) is 0.784. The van der Waals surface area contributed by atoms with Crippen molar-refractivity contribution in [2.45, 2.75) is 18.8 Å². The van der Waals surface area contributed by atoms with Gasteiger partial charge >= 0.3 is 11.9 Å². The minimum atomic E-state index is -1.14. The van der Waals surface area contributed by atoms with Crippen LogP contribution < -0.4 is 5.32 Å². The van der Waals surface area contributed by atoms with Gasteiger partial charge in [0.25, 0.3) is 0 Å². The lowest BCUT2D eigenvalue weighted by atomic mass is 9.97. The molecule has 1 aliphatic heterocycles. The third kappa shape index (κ3) is 2.25. The third-order valence-electron chi connectivity index (χ3n) is 3.81. The molecule has 0 unspecified atom stereocenters. The summed E-state index contributed by atoms with van der Waals surface area (Å²) in [6.07, 6.45) is 1.62. The van der Waals surface area contributed by atoms with Crippen molar-refractivity contribution in [3.63, 3.8) is 0 Å². The average molecular weight is 289 g/mol. The number of aromatic carboxylic acids is 2. The predicted octanol–water partition coefficient (Wildman–Crippen LogP) is 1.20. The Bertz CT molecular complexity index is 716. The SMILES string of the molecule is O=C(O)c1nc(C2CCNCC2)n2c(C(=O)O)cccc12. The molecule has 0 saturated carbocycles. The first kappa shape index (κ1) is 13.6. The molecule has 3 N–H and O–H groups in total. The van der Waals surface area contributed by atoms with Gasteiger partial charge in [0.1, 0.15) is 11.5 Å². The van der Waals surface area contributed by atoms with E-state index in [9.17, 15) is 19.8 Å². The zero-order valence-electron chi connectivity index (χ0n) is 11.2. The number of fused-ring (bicyclic) bond motifs is 1. The number of hydrogen-bond donors (Lipinski definition) is 3. The van der Waals surface area contributed by atoms with E-state index < -0.39 is 11.9 Å². The van der Waals surface area contributed by atoms with Gasteiger partial charge in [0.15, 0.2) is 5.69 Å². The van der Waals surface area contributed by atoms with Gasteiger partial charge in [-0.1, -0.05) is 6.07 Å². The summed E-state index contributed by atoms with van der Waals surface area (Å²) in [5.74, 6) is -1.64. The van der Waals surface area contributed by atoms with Crippen molar-refractivity contribution in [1.82, 2.24) is 14.7 Å². The van der Waals surface area contributed by atoms with Gasteiger partial charge in [0, 0.05) is 5.92 Å². The molecule has 0 aliphatic carbocycles. The molecular formula is C14H15N3O4. The first-order chi connectivity index (χ1) is 10.1. The number of imidazole rings is 1. The molecule has 1 saturated heterocycles. The molecule has 1 aliphatic rings. The molecule has 0 radical (unpaired) electrons. The van der Waals surface area contributed by atoms with Crippen LogP contribution in [0.15, 0.2) is 18.2 Å². The van der Waals surface area contributed by atoms with Crippen molar-refractivity contribution in [1.29, 1.82) is 0 Å². The molecule has 0 spiro atoms. The molecule has 3 heterocycles. The van der Waals surface area contributed by atoms with Crippen molar-refractivity contribution < 1.29 is 19.8 Å². The fourth-order valence-electron chi connectivity index (χ4n) is 2.84. The minimum Gasteiger partial charge on any atom is -0.477 e. The summed E-state index contributed by atoms with van der Waals surface area (Å²) in [6, 6.07) is 4.60. The summed E-state index contributed by atoms with van der Waals surface area (Å²) in [7, 11) is 0. The maximum atomic E-state index is 11.4. The zero-order valence-corrected chi connectivity index (χ0v) is 11.2. The van der Waals surface area contributed by atoms with Crippen molar-refractivity contribution in [2.24, 2.45) is 0 Å². The summed E-state index contributed by atoms with van der Waals surface area (Å²) in [4.78, 5) is 27.0. The topological polar surface area (TPSA) is 104 Å². The summed E-state index contributed by atoms with van der Waals surface area (Å²) >= 11 is 0.